The molecule has 1 fully saturated rings. The monoisotopic (exact) mass is 426 g/mol. The Kier molecular flexibility index (Phi) is 6.38. The molecule has 8 heteroatoms. The van der Waals surface area contributed by atoms with Crippen LogP contribution in [0.4, 0.5) is 4.39 Å². The maximum Gasteiger partial charge on any atom is 0.261 e. The number of fused-ring (bicyclic) bond motifs is 1. The van der Waals surface area contributed by atoms with Gasteiger partial charge in [-0.2, -0.15) is 0 Å². The molecule has 0 spiro atoms. The molecule has 164 valence electrons. The van der Waals surface area contributed by atoms with Gasteiger partial charge < -0.3 is 15.6 Å². The molecule has 0 unspecified atom stereocenters. The van der Waals surface area contributed by atoms with Crippen molar-refractivity contribution < 1.29 is 18.8 Å². The van der Waals surface area contributed by atoms with Gasteiger partial charge in [-0.05, 0) is 38.0 Å². The molecule has 3 rings (SSSR count). The molecular weight excluding hydrogens is 399 g/mol. The summed E-state index contributed by atoms with van der Waals surface area (Å²) in [6, 6.07) is 6.49. The van der Waals surface area contributed by atoms with Crippen LogP contribution < -0.4 is 5.32 Å². The number of carbonyl (C=O) groups excluding carboxylic acids is 3. The third kappa shape index (κ3) is 4.28. The molecule has 2 N–H and O–H groups in total. The summed E-state index contributed by atoms with van der Waals surface area (Å²) in [5.74, 6) is -1.15. The van der Waals surface area contributed by atoms with Gasteiger partial charge in [-0.1, -0.05) is 19.1 Å². The van der Waals surface area contributed by atoms with Gasteiger partial charge in [0.15, 0.2) is 0 Å². The van der Waals surface area contributed by atoms with Crippen molar-refractivity contribution in [3.8, 4) is 0 Å². The zero-order valence-corrected chi connectivity index (χ0v) is 18.0. The van der Waals surface area contributed by atoms with Crippen molar-refractivity contribution in [3.63, 3.8) is 0 Å². The molecular formula is C23H27FN4O3. The van der Waals surface area contributed by atoms with E-state index >= 15 is 0 Å². The average molecular weight is 426 g/mol. The van der Waals surface area contributed by atoms with Gasteiger partial charge in [-0.15, -0.1) is 0 Å². The van der Waals surface area contributed by atoms with Crippen LogP contribution in [0.2, 0.25) is 0 Å². The molecule has 7 nitrogen and oxygen atoms in total. The van der Waals surface area contributed by atoms with Crippen molar-refractivity contribution in [1.82, 2.24) is 15.1 Å². The van der Waals surface area contributed by atoms with Crippen LogP contribution in [0.3, 0.4) is 0 Å². The lowest BCUT2D eigenvalue weighted by Gasteiger charge is -2.41. The summed E-state index contributed by atoms with van der Waals surface area (Å²) in [7, 11) is 0. The van der Waals surface area contributed by atoms with E-state index in [1.165, 1.54) is 6.20 Å². The molecule has 1 saturated heterocycles. The number of hydrogen-bond acceptors (Lipinski definition) is 5. The molecule has 0 aromatic heterocycles. The van der Waals surface area contributed by atoms with Crippen LogP contribution in [0, 0.1) is 5.41 Å². The lowest BCUT2D eigenvalue weighted by atomic mass is 9.93. The van der Waals surface area contributed by atoms with Crippen molar-refractivity contribution in [1.29, 1.82) is 5.41 Å². The summed E-state index contributed by atoms with van der Waals surface area (Å²) in [6.07, 6.45) is 3.01. The Morgan fingerprint density at radius 2 is 1.77 bits per heavy atom. The average Bonchev–Trinajstić information content (AvgIpc) is 2.99. The first-order valence-corrected chi connectivity index (χ1v) is 10.3. The number of nitrogens with one attached hydrogen (secondary N) is 2. The summed E-state index contributed by atoms with van der Waals surface area (Å²) in [5.41, 5.74) is 0.929. The lowest BCUT2D eigenvalue weighted by molar-refractivity contribution is -0.132. The minimum absolute atomic E-state index is 0.00879. The molecule has 0 radical (unpaired) electrons. The fourth-order valence-electron chi connectivity index (χ4n) is 3.65. The van der Waals surface area contributed by atoms with Crippen molar-refractivity contribution in [3.05, 3.63) is 59.1 Å². The highest BCUT2D eigenvalue weighted by Crippen LogP contribution is 2.26. The SMILES string of the molecule is CCC(C)(C)N1CCC(=N)/C(=C\NC/C(=C/F)CN2C(=O)c3ccccc3C2=O)C1=O. The molecule has 2 aliphatic heterocycles. The minimum atomic E-state index is -0.458. The first kappa shape index (κ1) is 22.4. The van der Waals surface area contributed by atoms with Crippen LogP contribution in [-0.2, 0) is 4.79 Å². The number of benzene rings is 1. The predicted molar refractivity (Wildman–Crippen MR) is 116 cm³/mol. The third-order valence-corrected chi connectivity index (χ3v) is 5.95. The number of amides is 3. The van der Waals surface area contributed by atoms with Crippen molar-refractivity contribution in [2.45, 2.75) is 39.2 Å². The van der Waals surface area contributed by atoms with Crippen LogP contribution in [0.5, 0.6) is 0 Å². The van der Waals surface area contributed by atoms with Crippen LogP contribution >= 0.6 is 0 Å². The summed E-state index contributed by atoms with van der Waals surface area (Å²) in [5, 5.41) is 11.0. The number of hydrogen-bond donors (Lipinski definition) is 2. The second-order valence-corrected chi connectivity index (χ2v) is 8.30. The van der Waals surface area contributed by atoms with E-state index in [1.807, 2.05) is 20.8 Å². The summed E-state index contributed by atoms with van der Waals surface area (Å²) in [6.45, 7) is 6.26. The number of imide groups is 1. The number of carbonyl (C=O) groups is 3. The highest BCUT2D eigenvalue weighted by Gasteiger charge is 2.36. The van der Waals surface area contributed by atoms with Gasteiger partial charge in [0.1, 0.15) is 0 Å². The highest BCUT2D eigenvalue weighted by molar-refractivity contribution is 6.22. The van der Waals surface area contributed by atoms with E-state index in [0.717, 1.165) is 11.3 Å². The van der Waals surface area contributed by atoms with Crippen molar-refractivity contribution in [2.75, 3.05) is 19.6 Å². The van der Waals surface area contributed by atoms with Crippen LogP contribution in [0.1, 0.15) is 54.3 Å². The van der Waals surface area contributed by atoms with Gasteiger partial charge in [-0.3, -0.25) is 19.3 Å². The normalized spacial score (nSPS) is 18.8. The fraction of sp³-hybridized carbons (Fsp3) is 0.391. The Morgan fingerprint density at radius 3 is 2.32 bits per heavy atom. The molecule has 3 amide bonds. The first-order valence-electron chi connectivity index (χ1n) is 10.3. The van der Waals surface area contributed by atoms with Gasteiger partial charge in [0.05, 0.1) is 29.6 Å². The lowest BCUT2D eigenvalue weighted by Crippen LogP contribution is -2.52. The summed E-state index contributed by atoms with van der Waals surface area (Å²) < 4.78 is 13.5. The highest BCUT2D eigenvalue weighted by atomic mass is 19.1. The fourth-order valence-corrected chi connectivity index (χ4v) is 3.65. The van der Waals surface area contributed by atoms with E-state index in [2.05, 4.69) is 5.32 Å². The van der Waals surface area contributed by atoms with E-state index in [4.69, 9.17) is 5.41 Å². The molecule has 0 atom stereocenters. The first-order chi connectivity index (χ1) is 14.7. The van der Waals surface area contributed by atoms with E-state index in [0.29, 0.717) is 30.4 Å². The maximum absolute atomic E-state index is 13.5. The Morgan fingerprint density at radius 1 is 1.16 bits per heavy atom. The van der Waals surface area contributed by atoms with Gasteiger partial charge in [0, 0.05) is 37.0 Å². The molecule has 0 aliphatic carbocycles. The molecule has 0 bridgehead atoms. The zero-order chi connectivity index (χ0) is 22.8. The Balaban J connectivity index is 1.67. The smallest absolute Gasteiger partial charge is 0.261 e. The van der Waals surface area contributed by atoms with E-state index in [1.54, 1.807) is 29.2 Å². The standard InChI is InChI=1S/C23H27FN4O3/c1-4-23(2,3)28-10-9-19(25)18(22(28)31)13-26-12-15(11-24)14-27-20(29)16-7-5-6-8-17(16)21(27)30/h5-8,11,13,25-26H,4,9-10,12,14H2,1-3H3/b15-11-,18-13+,25-19?. The van der Waals surface area contributed by atoms with E-state index in [-0.39, 0.29) is 41.4 Å². The summed E-state index contributed by atoms with van der Waals surface area (Å²) in [4.78, 5) is 40.6. The Bertz CT molecular complexity index is 961. The Hall–Kier alpha value is -3.29. The molecule has 0 saturated carbocycles. The molecule has 1 aromatic rings. The zero-order valence-electron chi connectivity index (χ0n) is 18.0. The van der Waals surface area contributed by atoms with Crippen molar-refractivity contribution in [2.24, 2.45) is 0 Å². The number of piperidine rings is 1. The molecule has 1 aromatic carbocycles. The Labute approximate surface area is 181 Å². The topological polar surface area (TPSA) is 93.6 Å². The van der Waals surface area contributed by atoms with Crippen LogP contribution in [-0.4, -0.2) is 58.4 Å². The second kappa shape index (κ2) is 8.83. The second-order valence-electron chi connectivity index (χ2n) is 8.30. The van der Waals surface area contributed by atoms with Gasteiger partial charge in [0.2, 0.25) is 0 Å². The maximum atomic E-state index is 13.5. The number of rotatable bonds is 7. The van der Waals surface area contributed by atoms with Crippen LogP contribution in [0.25, 0.3) is 0 Å². The van der Waals surface area contributed by atoms with E-state index < -0.39 is 11.8 Å². The van der Waals surface area contributed by atoms with Gasteiger partial charge >= 0.3 is 0 Å². The van der Waals surface area contributed by atoms with Crippen molar-refractivity contribution >= 4 is 23.4 Å². The van der Waals surface area contributed by atoms with Gasteiger partial charge in [-0.25, -0.2) is 4.39 Å². The third-order valence-electron chi connectivity index (χ3n) is 5.95. The predicted octanol–water partition coefficient (Wildman–Crippen LogP) is 3.05. The minimum Gasteiger partial charge on any atom is -0.386 e. The number of halogens is 1. The summed E-state index contributed by atoms with van der Waals surface area (Å²) >= 11 is 0. The quantitative estimate of drug-likeness (QED) is 0.518. The number of nitrogens with zero attached hydrogens (tertiary/aromatic N) is 2. The molecule has 31 heavy (non-hydrogen) atoms. The van der Waals surface area contributed by atoms with Crippen LogP contribution in [0.15, 0.2) is 47.9 Å². The molecule has 2 heterocycles. The molecule has 2 aliphatic rings. The number of likely N-dealkylation sites (tertiary alicyclic amines) is 1. The largest absolute Gasteiger partial charge is 0.386 e. The van der Waals surface area contributed by atoms with E-state index in [9.17, 15) is 18.8 Å². The van der Waals surface area contributed by atoms with Gasteiger partial charge in [0.25, 0.3) is 17.7 Å².